The molecule has 0 aliphatic heterocycles. The van der Waals surface area contributed by atoms with E-state index in [4.69, 9.17) is 18.9 Å². The smallest absolute Gasteiger partial charge is 0.308 e. The number of rotatable bonds is 14. The van der Waals surface area contributed by atoms with Crippen molar-refractivity contribution in [2.75, 3.05) is 27.1 Å². The molecular formula is C16H28O6. The van der Waals surface area contributed by atoms with Crippen molar-refractivity contribution in [1.82, 2.24) is 0 Å². The molecule has 1 N–H and O–H groups in total. The van der Waals surface area contributed by atoms with E-state index < -0.39 is 12.1 Å². The predicted molar refractivity (Wildman–Crippen MR) is 83.4 cm³/mol. The van der Waals surface area contributed by atoms with E-state index in [2.05, 4.69) is 13.2 Å². The number of ether oxygens (including phenoxy) is 4. The molecule has 3 atom stereocenters. The largest absolute Gasteiger partial charge is 0.462 e. The summed E-state index contributed by atoms with van der Waals surface area (Å²) >= 11 is 0. The number of carbonyl (C=O) groups excluding carboxylic acids is 1. The lowest BCUT2D eigenvalue weighted by Crippen LogP contribution is -2.25. The molecule has 0 rings (SSSR count). The first kappa shape index (κ1) is 20.8. The summed E-state index contributed by atoms with van der Waals surface area (Å²) in [6.45, 7) is 10.0. The van der Waals surface area contributed by atoms with Crippen LogP contribution in [0.1, 0.15) is 26.2 Å². The van der Waals surface area contributed by atoms with E-state index in [-0.39, 0.29) is 25.4 Å². The van der Waals surface area contributed by atoms with Crippen LogP contribution in [0.4, 0.5) is 0 Å². The minimum absolute atomic E-state index is 0.0455. The first-order valence-corrected chi connectivity index (χ1v) is 7.32. The molecule has 0 saturated heterocycles. The fourth-order valence-corrected chi connectivity index (χ4v) is 1.68. The van der Waals surface area contributed by atoms with E-state index in [0.29, 0.717) is 26.1 Å². The van der Waals surface area contributed by atoms with E-state index in [0.717, 1.165) is 0 Å². The van der Waals surface area contributed by atoms with Crippen LogP contribution in [0.25, 0.3) is 0 Å². The third-order valence-electron chi connectivity index (χ3n) is 2.80. The summed E-state index contributed by atoms with van der Waals surface area (Å²) in [6, 6.07) is 0. The van der Waals surface area contributed by atoms with Crippen LogP contribution in [0, 0.1) is 0 Å². The number of esters is 1. The molecule has 0 bridgehead atoms. The Hall–Kier alpha value is -1.21. The second kappa shape index (κ2) is 13.5. The Morgan fingerprint density at radius 3 is 2.64 bits per heavy atom. The highest BCUT2D eigenvalue weighted by molar-refractivity contribution is 5.70. The molecule has 0 aliphatic carbocycles. The van der Waals surface area contributed by atoms with Crippen molar-refractivity contribution in [3.8, 4) is 0 Å². The van der Waals surface area contributed by atoms with Gasteiger partial charge >= 0.3 is 5.97 Å². The molecule has 0 aromatic heterocycles. The molecule has 0 aliphatic rings. The van der Waals surface area contributed by atoms with Crippen molar-refractivity contribution < 1.29 is 28.8 Å². The van der Waals surface area contributed by atoms with Crippen molar-refractivity contribution >= 4 is 5.97 Å². The Bertz CT molecular complexity index is 318. The average Bonchev–Trinajstić information content (AvgIpc) is 2.45. The monoisotopic (exact) mass is 316 g/mol. The summed E-state index contributed by atoms with van der Waals surface area (Å²) in [5.41, 5.74) is 0. The highest BCUT2D eigenvalue weighted by atomic mass is 16.7. The molecule has 0 aromatic carbocycles. The number of aliphatic hydroxyl groups excluding tert-OH is 1. The third-order valence-corrected chi connectivity index (χ3v) is 2.80. The van der Waals surface area contributed by atoms with Gasteiger partial charge in [0.15, 0.2) is 0 Å². The fourth-order valence-electron chi connectivity index (χ4n) is 1.68. The number of aliphatic hydroxyl groups is 1. The van der Waals surface area contributed by atoms with Crippen LogP contribution >= 0.6 is 0 Å². The minimum Gasteiger partial charge on any atom is -0.462 e. The minimum atomic E-state index is -0.752. The summed E-state index contributed by atoms with van der Waals surface area (Å²) in [5, 5.41) is 9.51. The van der Waals surface area contributed by atoms with Crippen molar-refractivity contribution in [2.24, 2.45) is 0 Å². The van der Waals surface area contributed by atoms with Crippen LogP contribution in [-0.4, -0.2) is 56.5 Å². The molecule has 0 amide bonds. The van der Waals surface area contributed by atoms with Gasteiger partial charge < -0.3 is 24.1 Å². The zero-order valence-corrected chi connectivity index (χ0v) is 13.5. The molecule has 0 radical (unpaired) electrons. The van der Waals surface area contributed by atoms with Crippen LogP contribution < -0.4 is 0 Å². The molecule has 0 heterocycles. The lowest BCUT2D eigenvalue weighted by atomic mass is 10.1. The molecule has 0 fully saturated rings. The number of hydrogen-bond donors (Lipinski definition) is 1. The van der Waals surface area contributed by atoms with Gasteiger partial charge in [0.2, 0.25) is 0 Å². The maximum Gasteiger partial charge on any atom is 0.308 e. The summed E-state index contributed by atoms with van der Waals surface area (Å²) in [4.78, 5) is 11.6. The van der Waals surface area contributed by atoms with Gasteiger partial charge in [0.25, 0.3) is 0 Å². The zero-order chi connectivity index (χ0) is 16.8. The topological polar surface area (TPSA) is 74.2 Å². The van der Waals surface area contributed by atoms with Gasteiger partial charge in [-0.15, -0.1) is 13.2 Å². The normalized spacial score (nSPS) is 14.9. The first-order valence-electron chi connectivity index (χ1n) is 7.32. The van der Waals surface area contributed by atoms with Gasteiger partial charge in [0.05, 0.1) is 31.8 Å². The van der Waals surface area contributed by atoms with Gasteiger partial charge in [-0.3, -0.25) is 4.79 Å². The molecular weight excluding hydrogens is 288 g/mol. The highest BCUT2D eigenvalue weighted by Gasteiger charge is 2.17. The second-order valence-corrected chi connectivity index (χ2v) is 4.88. The van der Waals surface area contributed by atoms with Gasteiger partial charge in [-0.25, -0.2) is 0 Å². The lowest BCUT2D eigenvalue weighted by molar-refractivity contribution is -0.153. The van der Waals surface area contributed by atoms with Crippen LogP contribution in [0.15, 0.2) is 25.3 Å². The number of hydrogen-bond acceptors (Lipinski definition) is 6. The predicted octanol–water partition coefficient (Wildman–Crippen LogP) is 1.83. The molecule has 1 unspecified atom stereocenters. The van der Waals surface area contributed by atoms with Crippen molar-refractivity contribution in [2.45, 2.75) is 44.5 Å². The lowest BCUT2D eigenvalue weighted by Gasteiger charge is -2.19. The van der Waals surface area contributed by atoms with E-state index in [1.807, 2.05) is 0 Å². The van der Waals surface area contributed by atoms with E-state index in [1.54, 1.807) is 26.2 Å². The Morgan fingerprint density at radius 1 is 1.32 bits per heavy atom. The molecule has 0 aromatic rings. The van der Waals surface area contributed by atoms with Crippen molar-refractivity contribution in [3.63, 3.8) is 0 Å². The van der Waals surface area contributed by atoms with Gasteiger partial charge in [-0.05, 0) is 13.3 Å². The highest BCUT2D eigenvalue weighted by Crippen LogP contribution is 2.10. The molecule has 0 spiro atoms. The van der Waals surface area contributed by atoms with Crippen LogP contribution in [0.5, 0.6) is 0 Å². The molecule has 128 valence electrons. The average molecular weight is 316 g/mol. The summed E-state index contributed by atoms with van der Waals surface area (Å²) in [5.74, 6) is -0.444. The molecule has 22 heavy (non-hydrogen) atoms. The maximum absolute atomic E-state index is 11.6. The van der Waals surface area contributed by atoms with E-state index >= 15 is 0 Å². The number of carbonyl (C=O) groups is 1. The second-order valence-electron chi connectivity index (χ2n) is 4.88. The van der Waals surface area contributed by atoms with Gasteiger partial charge in [0.1, 0.15) is 12.9 Å². The van der Waals surface area contributed by atoms with Crippen LogP contribution in [0.3, 0.4) is 0 Å². The SMILES string of the molecule is C=CCC(O)CC(=O)O[C@H](C)C[C@@H](C=C)OCOCCOC. The van der Waals surface area contributed by atoms with Crippen molar-refractivity contribution in [1.29, 1.82) is 0 Å². The Labute approximate surface area is 132 Å². The van der Waals surface area contributed by atoms with Crippen LogP contribution in [-0.2, 0) is 23.7 Å². The van der Waals surface area contributed by atoms with Gasteiger partial charge in [-0.2, -0.15) is 0 Å². The Balaban J connectivity index is 3.93. The maximum atomic E-state index is 11.6. The number of methoxy groups -OCH3 is 1. The summed E-state index contributed by atoms with van der Waals surface area (Å²) < 4.78 is 20.7. The Morgan fingerprint density at radius 2 is 2.05 bits per heavy atom. The summed E-state index contributed by atoms with van der Waals surface area (Å²) in [7, 11) is 1.60. The van der Waals surface area contributed by atoms with Crippen LogP contribution in [0.2, 0.25) is 0 Å². The zero-order valence-electron chi connectivity index (χ0n) is 13.5. The molecule has 6 nitrogen and oxygen atoms in total. The van der Waals surface area contributed by atoms with Crippen molar-refractivity contribution in [3.05, 3.63) is 25.3 Å². The van der Waals surface area contributed by atoms with E-state index in [9.17, 15) is 9.90 Å². The fraction of sp³-hybridized carbons (Fsp3) is 0.688. The Kier molecular flexibility index (Phi) is 12.7. The molecule has 6 heteroatoms. The first-order chi connectivity index (χ1) is 10.5. The third kappa shape index (κ3) is 11.4. The quantitative estimate of drug-likeness (QED) is 0.228. The van der Waals surface area contributed by atoms with Gasteiger partial charge in [0, 0.05) is 13.5 Å². The van der Waals surface area contributed by atoms with Gasteiger partial charge in [-0.1, -0.05) is 12.2 Å². The standard InChI is InChI=1S/C16H28O6/c1-5-7-14(17)11-16(18)22-13(3)10-15(6-2)21-12-20-9-8-19-4/h5-6,13-15,17H,1-2,7-12H2,3-4H3/t13-,14?,15-/m1/s1. The van der Waals surface area contributed by atoms with E-state index in [1.165, 1.54) is 0 Å². The summed E-state index contributed by atoms with van der Waals surface area (Å²) in [6.07, 6.45) is 2.62. The molecule has 0 saturated carbocycles.